The van der Waals surface area contributed by atoms with Crippen LogP contribution in [-0.4, -0.2) is 60.8 Å². The Kier molecular flexibility index (Phi) is 16.7. The predicted octanol–water partition coefficient (Wildman–Crippen LogP) is 4.40. The molecule has 11 nitrogen and oxygen atoms in total. The number of amides is 3. The van der Waals surface area contributed by atoms with Gasteiger partial charge in [0.2, 0.25) is 11.8 Å². The van der Waals surface area contributed by atoms with Gasteiger partial charge in [0.1, 0.15) is 31.6 Å². The Balaban J connectivity index is 1.39. The van der Waals surface area contributed by atoms with E-state index < -0.39 is 41.9 Å². The summed E-state index contributed by atoms with van der Waals surface area (Å²) in [6.07, 6.45) is 2.85. The van der Waals surface area contributed by atoms with Crippen molar-refractivity contribution in [2.45, 2.75) is 51.0 Å². The lowest BCUT2D eigenvalue weighted by atomic mass is 9.99. The van der Waals surface area contributed by atoms with Crippen LogP contribution in [0.3, 0.4) is 0 Å². The molecule has 4 N–H and O–H groups in total. The van der Waals surface area contributed by atoms with Crippen molar-refractivity contribution in [1.29, 1.82) is 0 Å². The number of benzene rings is 3. The number of aliphatic hydroxyl groups is 1. The molecule has 3 rings (SSSR count). The van der Waals surface area contributed by atoms with Crippen LogP contribution in [-0.2, 0) is 43.5 Å². The first-order valence-electron chi connectivity index (χ1n) is 16.1. The van der Waals surface area contributed by atoms with E-state index in [0.717, 1.165) is 16.7 Å². The summed E-state index contributed by atoms with van der Waals surface area (Å²) >= 11 is 0. The molecule has 0 radical (unpaired) electrons. The molecular formula is C38H45N3O8. The van der Waals surface area contributed by atoms with Crippen molar-refractivity contribution in [2.24, 2.45) is 5.92 Å². The highest BCUT2D eigenvalue weighted by Gasteiger charge is 2.24. The number of nitrogens with one attached hydrogen (secondary N) is 3. The van der Waals surface area contributed by atoms with E-state index in [1.54, 1.807) is 18.2 Å². The highest BCUT2D eigenvalue weighted by Crippen LogP contribution is 2.16. The summed E-state index contributed by atoms with van der Waals surface area (Å²) in [5, 5.41) is 17.9. The Bertz CT molecular complexity index is 1480. The number of alkyl carbamates (subject to hydrolysis) is 1. The molecule has 0 unspecified atom stereocenters. The zero-order valence-corrected chi connectivity index (χ0v) is 27.6. The fraction of sp³-hybridized carbons (Fsp3) is 0.316. The molecule has 3 aromatic rings. The van der Waals surface area contributed by atoms with Crippen molar-refractivity contribution in [2.75, 3.05) is 19.8 Å². The van der Waals surface area contributed by atoms with Crippen LogP contribution in [0.4, 0.5) is 4.79 Å². The summed E-state index contributed by atoms with van der Waals surface area (Å²) < 4.78 is 16.2. The van der Waals surface area contributed by atoms with Gasteiger partial charge in [-0.2, -0.15) is 0 Å². The molecule has 0 aliphatic rings. The number of hydrogen-bond acceptors (Lipinski definition) is 8. The van der Waals surface area contributed by atoms with E-state index in [4.69, 9.17) is 14.2 Å². The molecule has 49 heavy (non-hydrogen) atoms. The van der Waals surface area contributed by atoms with Crippen LogP contribution in [0.2, 0.25) is 0 Å². The molecule has 3 atom stereocenters. The number of aliphatic hydroxyl groups excluding tert-OH is 1. The molecule has 0 heterocycles. The van der Waals surface area contributed by atoms with E-state index in [2.05, 4.69) is 29.1 Å². The standard InChI is InChI=1S/C38H45N3O8/c1-3-11-31(24-35(43)40-32(25-42)23-28-17-19-33(20-18-28)48-26-29-13-7-5-8-14-29)36(44)39-21-22-47-37(45)34(12-4-2)41-38(46)49-27-30-15-9-6-10-16-30/h3-10,13-20,31-32,34,42H,1-2,11-12,21-27H2,(H,39,44)(H,40,43)(H,41,46)/t31-,32+,34-/m1/s1. The number of carbonyl (C=O) groups is 4. The minimum atomic E-state index is -1.01. The van der Waals surface area contributed by atoms with Crippen LogP contribution >= 0.6 is 0 Å². The molecule has 3 aromatic carbocycles. The molecule has 0 saturated heterocycles. The molecular weight excluding hydrogens is 626 g/mol. The van der Waals surface area contributed by atoms with Crippen LogP contribution < -0.4 is 20.7 Å². The highest BCUT2D eigenvalue weighted by atomic mass is 16.6. The van der Waals surface area contributed by atoms with Crippen molar-refractivity contribution in [3.05, 3.63) is 127 Å². The van der Waals surface area contributed by atoms with Gasteiger partial charge in [0.05, 0.1) is 25.1 Å². The molecule has 0 saturated carbocycles. The van der Waals surface area contributed by atoms with E-state index >= 15 is 0 Å². The summed E-state index contributed by atoms with van der Waals surface area (Å²) in [4.78, 5) is 50.5. The van der Waals surface area contributed by atoms with Gasteiger partial charge in [-0.25, -0.2) is 9.59 Å². The lowest BCUT2D eigenvalue weighted by Crippen LogP contribution is -2.43. The summed E-state index contributed by atoms with van der Waals surface area (Å²) in [6, 6.07) is 24.8. The van der Waals surface area contributed by atoms with Gasteiger partial charge in [-0.05, 0) is 48.1 Å². The van der Waals surface area contributed by atoms with Crippen molar-refractivity contribution in [1.82, 2.24) is 16.0 Å². The lowest BCUT2D eigenvalue weighted by molar-refractivity contribution is -0.146. The van der Waals surface area contributed by atoms with Gasteiger partial charge < -0.3 is 35.3 Å². The second kappa shape index (κ2) is 21.5. The summed E-state index contributed by atoms with van der Waals surface area (Å²) in [7, 11) is 0. The van der Waals surface area contributed by atoms with E-state index in [0.29, 0.717) is 18.8 Å². The molecule has 0 aromatic heterocycles. The average Bonchev–Trinajstić information content (AvgIpc) is 3.12. The van der Waals surface area contributed by atoms with Gasteiger partial charge in [-0.3, -0.25) is 9.59 Å². The number of carbonyl (C=O) groups excluding carboxylic acids is 4. The summed E-state index contributed by atoms with van der Waals surface area (Å²) in [6.45, 7) is 7.33. The third-order valence-electron chi connectivity index (χ3n) is 7.33. The molecule has 0 aliphatic heterocycles. The molecule has 260 valence electrons. The molecule has 0 aliphatic carbocycles. The summed E-state index contributed by atoms with van der Waals surface area (Å²) in [5.41, 5.74) is 2.75. The van der Waals surface area contributed by atoms with Crippen molar-refractivity contribution in [3.8, 4) is 5.75 Å². The van der Waals surface area contributed by atoms with Crippen LogP contribution in [0.1, 0.15) is 36.0 Å². The SMILES string of the molecule is C=CC[C@H](CC(=O)N[C@H](CO)Cc1ccc(OCc2ccccc2)cc1)C(=O)NCCOC(=O)[C@@H](CC=C)NC(=O)OCc1ccccc1. The van der Waals surface area contributed by atoms with Crippen molar-refractivity contribution < 1.29 is 38.5 Å². The number of rotatable bonds is 21. The van der Waals surface area contributed by atoms with E-state index in [1.807, 2.05) is 72.8 Å². The van der Waals surface area contributed by atoms with Crippen LogP contribution in [0.25, 0.3) is 0 Å². The average molecular weight is 672 g/mol. The minimum Gasteiger partial charge on any atom is -0.489 e. The van der Waals surface area contributed by atoms with Gasteiger partial charge in [-0.15, -0.1) is 13.2 Å². The molecule has 0 spiro atoms. The Morgan fingerprint density at radius 1 is 0.755 bits per heavy atom. The fourth-order valence-corrected chi connectivity index (χ4v) is 4.76. The van der Waals surface area contributed by atoms with Crippen LogP contribution in [0, 0.1) is 5.92 Å². The van der Waals surface area contributed by atoms with Crippen LogP contribution in [0.15, 0.2) is 110 Å². The molecule has 11 heteroatoms. The van der Waals surface area contributed by atoms with E-state index in [9.17, 15) is 24.3 Å². The predicted molar refractivity (Wildman–Crippen MR) is 185 cm³/mol. The maximum absolute atomic E-state index is 12.9. The topological polar surface area (TPSA) is 152 Å². The third kappa shape index (κ3) is 14.5. The molecule has 0 fully saturated rings. The normalized spacial score (nSPS) is 12.3. The Hall–Kier alpha value is -5.42. The first-order chi connectivity index (χ1) is 23.8. The van der Waals surface area contributed by atoms with Gasteiger partial charge in [0, 0.05) is 6.42 Å². The quantitative estimate of drug-likeness (QED) is 0.0739. The number of allylic oxidation sites excluding steroid dienone is 1. The van der Waals surface area contributed by atoms with Crippen molar-refractivity contribution in [3.63, 3.8) is 0 Å². The Labute approximate surface area is 287 Å². The fourth-order valence-electron chi connectivity index (χ4n) is 4.76. The van der Waals surface area contributed by atoms with Gasteiger partial charge >= 0.3 is 12.1 Å². The highest BCUT2D eigenvalue weighted by molar-refractivity contribution is 5.86. The smallest absolute Gasteiger partial charge is 0.408 e. The van der Waals surface area contributed by atoms with Gasteiger partial charge in [0.25, 0.3) is 0 Å². The number of hydrogen-bond donors (Lipinski definition) is 4. The number of ether oxygens (including phenoxy) is 3. The monoisotopic (exact) mass is 671 g/mol. The van der Waals surface area contributed by atoms with Crippen LogP contribution in [0.5, 0.6) is 5.75 Å². The van der Waals surface area contributed by atoms with E-state index in [1.165, 1.54) is 6.08 Å². The maximum Gasteiger partial charge on any atom is 0.408 e. The summed E-state index contributed by atoms with van der Waals surface area (Å²) in [5.74, 6) is -1.53. The molecule has 0 bridgehead atoms. The zero-order chi connectivity index (χ0) is 35.3. The Morgan fingerprint density at radius 3 is 2.00 bits per heavy atom. The van der Waals surface area contributed by atoms with Crippen molar-refractivity contribution >= 4 is 23.9 Å². The first kappa shape index (κ1) is 38.0. The van der Waals surface area contributed by atoms with Gasteiger partial charge in [-0.1, -0.05) is 84.9 Å². The van der Waals surface area contributed by atoms with Gasteiger partial charge in [0.15, 0.2) is 0 Å². The Morgan fingerprint density at radius 2 is 1.39 bits per heavy atom. The lowest BCUT2D eigenvalue weighted by Gasteiger charge is -2.20. The number of esters is 1. The second-order valence-electron chi connectivity index (χ2n) is 11.2. The van der Waals surface area contributed by atoms with E-state index in [-0.39, 0.29) is 45.6 Å². The maximum atomic E-state index is 12.9. The minimum absolute atomic E-state index is 0.0105. The second-order valence-corrected chi connectivity index (χ2v) is 11.2. The largest absolute Gasteiger partial charge is 0.489 e. The first-order valence-corrected chi connectivity index (χ1v) is 16.1. The zero-order valence-electron chi connectivity index (χ0n) is 27.6. The molecule has 3 amide bonds. The third-order valence-corrected chi connectivity index (χ3v) is 7.33.